The summed E-state index contributed by atoms with van der Waals surface area (Å²) in [7, 11) is -2.63. The van der Waals surface area contributed by atoms with Gasteiger partial charge in [0, 0.05) is 0 Å². The molecule has 2 aromatic rings. The largest absolute Gasteiger partial charge is 0.398 e. The molecule has 0 N–H and O–H groups in total. The van der Waals surface area contributed by atoms with Gasteiger partial charge in [-0.3, -0.25) is 0 Å². The molecule has 0 fully saturated rings. The maximum Gasteiger partial charge on any atom is 0.262 e. The topological polar surface area (TPSA) is 26.3 Å². The van der Waals surface area contributed by atoms with Gasteiger partial charge in [0.1, 0.15) is 12.4 Å². The summed E-state index contributed by atoms with van der Waals surface area (Å²) >= 11 is 0. The Morgan fingerprint density at radius 1 is 0.920 bits per heavy atom. The van der Waals surface area contributed by atoms with Crippen LogP contribution in [-0.4, -0.2) is 20.7 Å². The summed E-state index contributed by atoms with van der Waals surface area (Å²) in [4.78, 5) is 11.8. The third-order valence-corrected chi connectivity index (χ3v) is 9.66. The molecule has 25 heavy (non-hydrogen) atoms. The van der Waals surface area contributed by atoms with Crippen molar-refractivity contribution >= 4 is 25.0 Å². The molecule has 3 heteroatoms. The van der Waals surface area contributed by atoms with E-state index in [0.29, 0.717) is 5.92 Å². The Bertz CT molecular complexity index is 620. The molecule has 0 radical (unpaired) electrons. The smallest absolute Gasteiger partial charge is 0.262 e. The Hall–Kier alpha value is -1.71. The summed E-state index contributed by atoms with van der Waals surface area (Å²) in [6.45, 7) is 11.0. The van der Waals surface area contributed by atoms with Crippen LogP contribution in [0.5, 0.6) is 0 Å². The van der Waals surface area contributed by atoms with E-state index >= 15 is 0 Å². The van der Waals surface area contributed by atoms with Gasteiger partial charge in [-0.05, 0) is 27.8 Å². The number of hydrogen-bond donors (Lipinski definition) is 0. The molecule has 2 aromatic carbocycles. The van der Waals surface area contributed by atoms with Gasteiger partial charge in [0.2, 0.25) is 0 Å². The lowest BCUT2D eigenvalue weighted by Crippen LogP contribution is -2.67. The van der Waals surface area contributed by atoms with Crippen LogP contribution in [0.2, 0.25) is 5.04 Å². The van der Waals surface area contributed by atoms with Crippen molar-refractivity contribution in [2.45, 2.75) is 52.2 Å². The van der Waals surface area contributed by atoms with Gasteiger partial charge in [-0.2, -0.15) is 0 Å². The third kappa shape index (κ3) is 4.28. The minimum atomic E-state index is -2.63. The van der Waals surface area contributed by atoms with E-state index in [1.165, 1.54) is 10.4 Å². The molecule has 0 aliphatic rings. The summed E-state index contributed by atoms with van der Waals surface area (Å²) < 4.78 is 6.81. The Labute approximate surface area is 153 Å². The van der Waals surface area contributed by atoms with Crippen LogP contribution in [0.1, 0.15) is 41.0 Å². The number of carbonyl (C=O) groups excluding carboxylic acids is 1. The first-order chi connectivity index (χ1) is 11.8. The minimum absolute atomic E-state index is 0.103. The fraction of sp³-hybridized carbons (Fsp3) is 0.409. The molecule has 2 rings (SSSR count). The van der Waals surface area contributed by atoms with Crippen molar-refractivity contribution in [2.75, 3.05) is 0 Å². The highest BCUT2D eigenvalue weighted by molar-refractivity contribution is 6.99. The Balaban J connectivity index is 2.66. The molecule has 0 spiro atoms. The number of rotatable bonds is 7. The predicted octanol–water partition coefficient (Wildman–Crippen LogP) is 4.18. The van der Waals surface area contributed by atoms with Crippen molar-refractivity contribution in [3.63, 3.8) is 0 Å². The number of benzene rings is 2. The Morgan fingerprint density at radius 3 is 1.68 bits per heavy atom. The SMILES string of the molecule is CC(C)C[C@H](C=O)O[Si](c1ccccc1)(c1ccccc1)C(C)(C)C. The lowest BCUT2D eigenvalue weighted by Gasteiger charge is -2.44. The average molecular weight is 355 g/mol. The van der Waals surface area contributed by atoms with Gasteiger partial charge in [0.15, 0.2) is 0 Å². The second kappa shape index (κ2) is 8.11. The lowest BCUT2D eigenvalue weighted by molar-refractivity contribution is -0.114. The van der Waals surface area contributed by atoms with Gasteiger partial charge in [-0.1, -0.05) is 95.3 Å². The molecular weight excluding hydrogens is 324 g/mol. The molecule has 0 saturated carbocycles. The maximum atomic E-state index is 11.8. The zero-order valence-electron chi connectivity index (χ0n) is 16.0. The first-order valence-electron chi connectivity index (χ1n) is 9.05. The Kier molecular flexibility index (Phi) is 6.36. The van der Waals surface area contributed by atoms with Crippen molar-refractivity contribution in [1.82, 2.24) is 0 Å². The molecule has 0 heterocycles. The van der Waals surface area contributed by atoms with E-state index in [9.17, 15) is 4.79 Å². The van der Waals surface area contributed by atoms with Gasteiger partial charge < -0.3 is 9.22 Å². The summed E-state index contributed by atoms with van der Waals surface area (Å²) in [5, 5.41) is 2.32. The maximum absolute atomic E-state index is 11.8. The van der Waals surface area contributed by atoms with E-state index in [1.807, 2.05) is 12.1 Å². The van der Waals surface area contributed by atoms with Crippen molar-refractivity contribution < 1.29 is 9.22 Å². The van der Waals surface area contributed by atoms with Crippen molar-refractivity contribution in [1.29, 1.82) is 0 Å². The van der Waals surface area contributed by atoms with Crippen molar-refractivity contribution in [3.05, 3.63) is 60.7 Å². The average Bonchev–Trinajstić information content (AvgIpc) is 2.58. The van der Waals surface area contributed by atoms with Crippen LogP contribution in [0.15, 0.2) is 60.7 Å². The van der Waals surface area contributed by atoms with E-state index in [2.05, 4.69) is 83.1 Å². The summed E-state index contributed by atoms with van der Waals surface area (Å²) in [5.74, 6) is 0.411. The standard InChI is InChI=1S/C22H30O2Si/c1-18(2)16-19(17-23)24-25(22(3,4)5,20-12-8-6-9-13-20)21-14-10-7-11-15-21/h6-15,17-19H,16H2,1-5H3/t19-/m1/s1. The lowest BCUT2D eigenvalue weighted by atomic mass is 10.1. The highest BCUT2D eigenvalue weighted by Gasteiger charge is 2.51. The molecular formula is C22H30O2Si. The normalized spacial score (nSPS) is 13.7. The van der Waals surface area contributed by atoms with E-state index in [4.69, 9.17) is 4.43 Å². The summed E-state index contributed by atoms with van der Waals surface area (Å²) in [5.41, 5.74) is 0. The van der Waals surface area contributed by atoms with E-state index < -0.39 is 8.32 Å². The van der Waals surface area contributed by atoms with Crippen molar-refractivity contribution in [3.8, 4) is 0 Å². The quantitative estimate of drug-likeness (QED) is 0.551. The molecule has 1 atom stereocenters. The fourth-order valence-corrected chi connectivity index (χ4v) is 8.14. The van der Waals surface area contributed by atoms with Gasteiger partial charge in [-0.25, -0.2) is 0 Å². The molecule has 0 aliphatic heterocycles. The van der Waals surface area contributed by atoms with E-state index in [0.717, 1.165) is 12.7 Å². The molecule has 0 aliphatic carbocycles. The van der Waals surface area contributed by atoms with Crippen LogP contribution in [0.25, 0.3) is 0 Å². The fourth-order valence-electron chi connectivity index (χ4n) is 3.51. The van der Waals surface area contributed by atoms with Crippen LogP contribution >= 0.6 is 0 Å². The molecule has 0 aromatic heterocycles. The molecule has 0 bridgehead atoms. The molecule has 0 saturated heterocycles. The van der Waals surface area contributed by atoms with Crippen molar-refractivity contribution in [2.24, 2.45) is 5.92 Å². The second-order valence-electron chi connectivity index (χ2n) is 8.09. The minimum Gasteiger partial charge on any atom is -0.398 e. The van der Waals surface area contributed by atoms with Gasteiger partial charge in [-0.15, -0.1) is 0 Å². The van der Waals surface area contributed by atoms with E-state index in [1.54, 1.807) is 0 Å². The first kappa shape index (κ1) is 19.6. The van der Waals surface area contributed by atoms with Crippen LogP contribution in [-0.2, 0) is 9.22 Å². The predicted molar refractivity (Wildman–Crippen MR) is 108 cm³/mol. The number of hydrogen-bond acceptors (Lipinski definition) is 2. The highest BCUT2D eigenvalue weighted by Crippen LogP contribution is 2.37. The first-order valence-corrected chi connectivity index (χ1v) is 11.0. The molecule has 0 amide bonds. The zero-order valence-corrected chi connectivity index (χ0v) is 17.0. The van der Waals surface area contributed by atoms with Gasteiger partial charge in [0.25, 0.3) is 8.32 Å². The monoisotopic (exact) mass is 354 g/mol. The second-order valence-corrected chi connectivity index (χ2v) is 12.3. The van der Waals surface area contributed by atoms with E-state index in [-0.39, 0.29) is 11.1 Å². The van der Waals surface area contributed by atoms with Crippen LogP contribution in [0.4, 0.5) is 0 Å². The number of aldehydes is 1. The third-order valence-electron chi connectivity index (χ3n) is 4.60. The number of carbonyl (C=O) groups is 1. The van der Waals surface area contributed by atoms with Crippen LogP contribution in [0, 0.1) is 5.92 Å². The summed E-state index contributed by atoms with van der Waals surface area (Å²) in [6, 6.07) is 20.9. The molecule has 2 nitrogen and oxygen atoms in total. The molecule has 134 valence electrons. The van der Waals surface area contributed by atoms with Gasteiger partial charge >= 0.3 is 0 Å². The van der Waals surface area contributed by atoms with Gasteiger partial charge in [0.05, 0.1) is 0 Å². The van der Waals surface area contributed by atoms with Crippen LogP contribution < -0.4 is 10.4 Å². The zero-order chi connectivity index (χ0) is 18.5. The molecule has 0 unspecified atom stereocenters. The summed E-state index contributed by atoms with van der Waals surface area (Å²) in [6.07, 6.45) is 1.35. The highest BCUT2D eigenvalue weighted by atomic mass is 28.4. The Morgan fingerprint density at radius 2 is 1.36 bits per heavy atom. The van der Waals surface area contributed by atoms with Crippen LogP contribution in [0.3, 0.4) is 0 Å².